The van der Waals surface area contributed by atoms with Crippen LogP contribution < -0.4 is 10.6 Å². The largest absolute Gasteiger partial charge is 0.324 e. The third kappa shape index (κ3) is 3.46. The number of halogens is 3. The van der Waals surface area contributed by atoms with Gasteiger partial charge in [0.2, 0.25) is 11.8 Å². The first-order valence-electron chi connectivity index (χ1n) is 8.32. The first-order chi connectivity index (χ1) is 13.4. The summed E-state index contributed by atoms with van der Waals surface area (Å²) in [6.07, 6.45) is -0.135. The Balaban J connectivity index is 1.63. The third-order valence-corrected chi connectivity index (χ3v) is 4.56. The van der Waals surface area contributed by atoms with Gasteiger partial charge in [-0.05, 0) is 24.3 Å². The second kappa shape index (κ2) is 7.05. The average Bonchev–Trinajstić information content (AvgIpc) is 3.08. The van der Waals surface area contributed by atoms with Gasteiger partial charge in [0.05, 0.1) is 12.1 Å². The molecule has 28 heavy (non-hydrogen) atoms. The van der Waals surface area contributed by atoms with Crippen LogP contribution in [0.5, 0.6) is 0 Å². The van der Waals surface area contributed by atoms with E-state index in [9.17, 15) is 18.4 Å². The molecule has 1 atom stereocenters. The lowest BCUT2D eigenvalue weighted by molar-refractivity contribution is -0.125. The third-order valence-electron chi connectivity index (χ3n) is 4.31. The van der Waals surface area contributed by atoms with Crippen molar-refractivity contribution in [2.24, 2.45) is 0 Å². The molecule has 1 aromatic heterocycles. The Morgan fingerprint density at radius 3 is 2.61 bits per heavy atom. The van der Waals surface area contributed by atoms with E-state index < -0.39 is 23.6 Å². The highest BCUT2D eigenvalue weighted by Gasteiger charge is 2.32. The van der Waals surface area contributed by atoms with Crippen molar-refractivity contribution in [2.45, 2.75) is 12.5 Å². The van der Waals surface area contributed by atoms with Crippen LogP contribution in [0.15, 0.2) is 48.5 Å². The predicted molar refractivity (Wildman–Crippen MR) is 99.9 cm³/mol. The zero-order chi connectivity index (χ0) is 19.8. The number of anilines is 2. The monoisotopic (exact) mass is 402 g/mol. The number of nitrogens with zero attached hydrogens (tertiary/aromatic N) is 2. The summed E-state index contributed by atoms with van der Waals surface area (Å²) in [5.41, 5.74) is 1.40. The van der Waals surface area contributed by atoms with Crippen LogP contribution in [0, 0.1) is 11.6 Å². The van der Waals surface area contributed by atoms with Gasteiger partial charge in [0.1, 0.15) is 11.9 Å². The molecule has 1 aliphatic rings. The topological polar surface area (TPSA) is 76.0 Å². The number of nitrogens with one attached hydrogen (secondary N) is 2. The molecule has 9 heteroatoms. The number of fused-ring (bicyclic) bond motifs is 1. The quantitative estimate of drug-likeness (QED) is 0.695. The molecule has 4 rings (SSSR count). The molecular formula is C19H13ClF2N4O2. The summed E-state index contributed by atoms with van der Waals surface area (Å²) in [6.45, 7) is 0. The minimum absolute atomic E-state index is 0.0847. The van der Waals surface area contributed by atoms with Crippen molar-refractivity contribution in [2.75, 3.05) is 10.6 Å². The highest BCUT2D eigenvalue weighted by atomic mass is 35.5. The minimum atomic E-state index is -1.08. The van der Waals surface area contributed by atoms with Crippen LogP contribution in [0.4, 0.5) is 20.3 Å². The van der Waals surface area contributed by atoms with E-state index in [4.69, 9.17) is 11.6 Å². The van der Waals surface area contributed by atoms with E-state index in [1.165, 1.54) is 10.7 Å². The Morgan fingerprint density at radius 2 is 1.89 bits per heavy atom. The number of hydrogen-bond donors (Lipinski definition) is 2. The number of carbonyl (C=O) groups excluding carboxylic acids is 2. The summed E-state index contributed by atoms with van der Waals surface area (Å²) < 4.78 is 27.8. The summed E-state index contributed by atoms with van der Waals surface area (Å²) in [5.74, 6) is -2.64. The van der Waals surface area contributed by atoms with Gasteiger partial charge in [-0.2, -0.15) is 5.10 Å². The molecule has 2 N–H and O–H groups in total. The van der Waals surface area contributed by atoms with Crippen molar-refractivity contribution in [1.29, 1.82) is 0 Å². The minimum Gasteiger partial charge on any atom is -0.324 e. The van der Waals surface area contributed by atoms with Gasteiger partial charge in [0.15, 0.2) is 11.6 Å². The number of amides is 2. The van der Waals surface area contributed by atoms with E-state index in [0.717, 1.165) is 17.7 Å². The van der Waals surface area contributed by atoms with Crippen LogP contribution in [0.1, 0.15) is 12.5 Å². The first kappa shape index (κ1) is 18.1. The summed E-state index contributed by atoms with van der Waals surface area (Å²) in [6, 6.07) is 10.7. The molecule has 0 bridgehead atoms. The predicted octanol–water partition coefficient (Wildman–Crippen LogP) is 4.00. The maximum absolute atomic E-state index is 13.4. The molecule has 0 aliphatic carbocycles. The van der Waals surface area contributed by atoms with Crippen LogP contribution in [0.25, 0.3) is 11.3 Å². The lowest BCUT2D eigenvalue weighted by Gasteiger charge is -2.23. The number of benzene rings is 2. The van der Waals surface area contributed by atoms with E-state index in [0.29, 0.717) is 16.5 Å². The molecule has 3 aromatic rings. The van der Waals surface area contributed by atoms with Gasteiger partial charge in [-0.1, -0.05) is 23.7 Å². The second-order valence-electron chi connectivity index (χ2n) is 6.25. The molecule has 2 heterocycles. The Labute approximate surface area is 163 Å². The number of hydrogen-bond acceptors (Lipinski definition) is 3. The first-order valence-corrected chi connectivity index (χ1v) is 8.70. The van der Waals surface area contributed by atoms with E-state index in [-0.39, 0.29) is 18.0 Å². The van der Waals surface area contributed by atoms with Crippen molar-refractivity contribution >= 4 is 34.9 Å². The van der Waals surface area contributed by atoms with E-state index in [1.54, 1.807) is 30.3 Å². The Kier molecular flexibility index (Phi) is 4.56. The van der Waals surface area contributed by atoms with Crippen molar-refractivity contribution in [1.82, 2.24) is 9.78 Å². The summed E-state index contributed by atoms with van der Waals surface area (Å²) in [7, 11) is 0. The molecule has 1 aliphatic heterocycles. The smallest absolute Gasteiger partial charge is 0.249 e. The van der Waals surface area contributed by atoms with Gasteiger partial charge in [0, 0.05) is 28.4 Å². The Morgan fingerprint density at radius 1 is 1.14 bits per heavy atom. The summed E-state index contributed by atoms with van der Waals surface area (Å²) in [5, 5.41) is 10.2. The summed E-state index contributed by atoms with van der Waals surface area (Å²) >= 11 is 5.90. The fourth-order valence-electron chi connectivity index (χ4n) is 2.95. The standard InChI is InChI=1S/C19H13ClF2N4O2/c20-11-3-1-10(2-4-11)15-8-17-24-18(27)9-16(26(17)25-15)19(28)23-12-5-6-13(21)14(22)7-12/h1-8,16H,9H2,(H,23,28)(H,24,27). The van der Waals surface area contributed by atoms with E-state index >= 15 is 0 Å². The van der Waals surface area contributed by atoms with Crippen LogP contribution in [-0.2, 0) is 9.59 Å². The Bertz CT molecular complexity index is 1080. The molecule has 2 amide bonds. The summed E-state index contributed by atoms with van der Waals surface area (Å²) in [4.78, 5) is 24.7. The second-order valence-corrected chi connectivity index (χ2v) is 6.69. The van der Waals surface area contributed by atoms with Crippen molar-refractivity contribution in [3.8, 4) is 11.3 Å². The molecule has 0 radical (unpaired) electrons. The van der Waals surface area contributed by atoms with Gasteiger partial charge in [0.25, 0.3) is 0 Å². The van der Waals surface area contributed by atoms with Gasteiger partial charge in [-0.15, -0.1) is 0 Å². The number of rotatable bonds is 3. The van der Waals surface area contributed by atoms with E-state index in [2.05, 4.69) is 15.7 Å². The highest BCUT2D eigenvalue weighted by Crippen LogP contribution is 2.30. The fourth-order valence-corrected chi connectivity index (χ4v) is 3.07. The molecule has 6 nitrogen and oxygen atoms in total. The molecule has 2 aromatic carbocycles. The maximum Gasteiger partial charge on any atom is 0.249 e. The SMILES string of the molecule is O=C1CC(C(=O)Nc2ccc(F)c(F)c2)n2nc(-c3ccc(Cl)cc3)cc2N1. The molecule has 142 valence electrons. The highest BCUT2D eigenvalue weighted by molar-refractivity contribution is 6.30. The average molecular weight is 403 g/mol. The molecule has 0 fully saturated rings. The van der Waals surface area contributed by atoms with Crippen molar-refractivity contribution < 1.29 is 18.4 Å². The van der Waals surface area contributed by atoms with Gasteiger partial charge < -0.3 is 10.6 Å². The number of carbonyl (C=O) groups is 2. The lowest BCUT2D eigenvalue weighted by atomic mass is 10.1. The zero-order valence-corrected chi connectivity index (χ0v) is 15.0. The van der Waals surface area contributed by atoms with Crippen molar-refractivity contribution in [3.05, 3.63) is 65.2 Å². The Hall–Kier alpha value is -3.26. The maximum atomic E-state index is 13.4. The number of aromatic nitrogens is 2. The van der Waals surface area contributed by atoms with Crippen molar-refractivity contribution in [3.63, 3.8) is 0 Å². The van der Waals surface area contributed by atoms with Gasteiger partial charge >= 0.3 is 0 Å². The van der Waals surface area contributed by atoms with Crippen LogP contribution in [0.2, 0.25) is 5.02 Å². The molecular weight excluding hydrogens is 390 g/mol. The van der Waals surface area contributed by atoms with Gasteiger partial charge in [-0.25, -0.2) is 13.5 Å². The lowest BCUT2D eigenvalue weighted by Crippen LogP contribution is -2.35. The zero-order valence-electron chi connectivity index (χ0n) is 14.2. The van der Waals surface area contributed by atoms with Crippen LogP contribution in [-0.4, -0.2) is 21.6 Å². The fraction of sp³-hybridized carbons (Fsp3) is 0.105. The normalized spacial score (nSPS) is 15.7. The molecule has 0 saturated heterocycles. The van der Waals surface area contributed by atoms with Gasteiger partial charge in [-0.3, -0.25) is 9.59 Å². The van der Waals surface area contributed by atoms with E-state index in [1.807, 2.05) is 0 Å². The van der Waals surface area contributed by atoms with Crippen LogP contribution in [0.3, 0.4) is 0 Å². The molecule has 1 unspecified atom stereocenters. The molecule has 0 saturated carbocycles. The molecule has 0 spiro atoms. The van der Waals surface area contributed by atoms with Crippen LogP contribution >= 0.6 is 11.6 Å².